The molecule has 0 unspecified atom stereocenters. The summed E-state index contributed by atoms with van der Waals surface area (Å²) in [7, 11) is 3.11. The number of methoxy groups -OCH3 is 2. The van der Waals surface area contributed by atoms with Crippen LogP contribution in [-0.2, 0) is 0 Å². The summed E-state index contributed by atoms with van der Waals surface area (Å²) in [6, 6.07) is 10.4. The molecule has 0 aromatic heterocycles. The maximum atomic E-state index is 12.3. The smallest absolute Gasteiger partial charge is 0.271 e. The molecule has 0 saturated carbocycles. The van der Waals surface area contributed by atoms with Crippen molar-refractivity contribution in [1.29, 1.82) is 0 Å². The molecule has 2 rings (SSSR count). The van der Waals surface area contributed by atoms with E-state index in [-0.39, 0.29) is 5.91 Å². The van der Waals surface area contributed by atoms with E-state index < -0.39 is 0 Å². The first-order chi connectivity index (χ1) is 13.6. The van der Waals surface area contributed by atoms with Crippen LogP contribution in [0.4, 0.5) is 0 Å². The van der Waals surface area contributed by atoms with Crippen LogP contribution in [0.15, 0.2) is 41.5 Å². The topological polar surface area (TPSA) is 78.4 Å². The first-order valence-electron chi connectivity index (χ1n) is 9.08. The average molecular weight is 386 g/mol. The average Bonchev–Trinajstić information content (AvgIpc) is 2.72. The van der Waals surface area contributed by atoms with Crippen LogP contribution in [0.25, 0.3) is 0 Å². The number of hydrazone groups is 1. The van der Waals surface area contributed by atoms with Gasteiger partial charge in [-0.1, -0.05) is 6.92 Å². The molecule has 0 spiro atoms. The SMILES string of the molecule is CCCOc1ccc(/C=N/NC(=O)c2ccc(OCC)c(OC)c2)cc1OC. The summed E-state index contributed by atoms with van der Waals surface area (Å²) in [5.41, 5.74) is 3.68. The van der Waals surface area contributed by atoms with Gasteiger partial charge in [0.15, 0.2) is 23.0 Å². The van der Waals surface area contributed by atoms with Crippen molar-refractivity contribution in [2.45, 2.75) is 20.3 Å². The van der Waals surface area contributed by atoms with Crippen LogP contribution in [0.3, 0.4) is 0 Å². The van der Waals surface area contributed by atoms with E-state index in [1.165, 1.54) is 13.3 Å². The van der Waals surface area contributed by atoms with Crippen LogP contribution in [0.1, 0.15) is 36.2 Å². The van der Waals surface area contributed by atoms with Gasteiger partial charge in [-0.25, -0.2) is 5.43 Å². The quantitative estimate of drug-likeness (QED) is 0.498. The van der Waals surface area contributed by atoms with E-state index in [0.717, 1.165) is 12.0 Å². The molecule has 1 amide bonds. The van der Waals surface area contributed by atoms with Crippen LogP contribution >= 0.6 is 0 Å². The minimum atomic E-state index is -0.354. The minimum Gasteiger partial charge on any atom is -0.493 e. The lowest BCUT2D eigenvalue weighted by atomic mass is 10.2. The molecule has 28 heavy (non-hydrogen) atoms. The molecule has 0 aliphatic rings. The van der Waals surface area contributed by atoms with Crippen molar-refractivity contribution in [3.63, 3.8) is 0 Å². The van der Waals surface area contributed by atoms with E-state index in [9.17, 15) is 4.79 Å². The van der Waals surface area contributed by atoms with E-state index in [4.69, 9.17) is 18.9 Å². The largest absolute Gasteiger partial charge is 0.493 e. The van der Waals surface area contributed by atoms with Crippen molar-refractivity contribution in [2.24, 2.45) is 5.10 Å². The number of carbonyl (C=O) groups excluding carboxylic acids is 1. The second kappa shape index (κ2) is 10.8. The summed E-state index contributed by atoms with van der Waals surface area (Å²) in [5.74, 6) is 2.01. The lowest BCUT2D eigenvalue weighted by Crippen LogP contribution is -2.17. The number of ether oxygens (including phenoxy) is 4. The number of nitrogens with zero attached hydrogens (tertiary/aromatic N) is 1. The Bertz CT molecular complexity index is 820. The third-order valence-electron chi connectivity index (χ3n) is 3.75. The van der Waals surface area contributed by atoms with Crippen molar-refractivity contribution in [2.75, 3.05) is 27.4 Å². The molecule has 0 radical (unpaired) electrons. The Labute approximate surface area is 165 Å². The molecule has 2 aromatic rings. The van der Waals surface area contributed by atoms with E-state index in [2.05, 4.69) is 10.5 Å². The number of rotatable bonds is 10. The number of nitrogens with one attached hydrogen (secondary N) is 1. The first-order valence-corrected chi connectivity index (χ1v) is 9.08. The fourth-order valence-corrected chi connectivity index (χ4v) is 2.41. The number of hydrogen-bond acceptors (Lipinski definition) is 6. The van der Waals surface area contributed by atoms with Crippen molar-refractivity contribution >= 4 is 12.1 Å². The van der Waals surface area contributed by atoms with Crippen LogP contribution in [0.5, 0.6) is 23.0 Å². The highest BCUT2D eigenvalue weighted by Gasteiger charge is 2.10. The molecule has 150 valence electrons. The Hall–Kier alpha value is -3.22. The Morgan fingerprint density at radius 1 is 0.964 bits per heavy atom. The number of benzene rings is 2. The molecule has 0 aliphatic heterocycles. The van der Waals surface area contributed by atoms with Gasteiger partial charge in [0.25, 0.3) is 5.91 Å². The van der Waals surface area contributed by atoms with Crippen LogP contribution in [-0.4, -0.2) is 39.6 Å². The first kappa shape index (κ1) is 21.1. The molecule has 2 aromatic carbocycles. The lowest BCUT2D eigenvalue weighted by Gasteiger charge is -2.10. The van der Waals surface area contributed by atoms with Gasteiger partial charge >= 0.3 is 0 Å². The highest BCUT2D eigenvalue weighted by atomic mass is 16.5. The Morgan fingerprint density at radius 3 is 2.32 bits per heavy atom. The van der Waals surface area contributed by atoms with Crippen molar-refractivity contribution < 1.29 is 23.7 Å². The summed E-state index contributed by atoms with van der Waals surface area (Å²) in [4.78, 5) is 12.3. The zero-order valence-electron chi connectivity index (χ0n) is 16.7. The summed E-state index contributed by atoms with van der Waals surface area (Å²) < 4.78 is 21.7. The number of hydrogen-bond donors (Lipinski definition) is 1. The van der Waals surface area contributed by atoms with Gasteiger partial charge in [0.05, 0.1) is 33.6 Å². The van der Waals surface area contributed by atoms with Gasteiger partial charge in [-0.05, 0) is 55.3 Å². The van der Waals surface area contributed by atoms with Crippen molar-refractivity contribution in [3.05, 3.63) is 47.5 Å². The zero-order valence-corrected chi connectivity index (χ0v) is 16.7. The number of carbonyl (C=O) groups is 1. The van der Waals surface area contributed by atoms with Gasteiger partial charge < -0.3 is 18.9 Å². The predicted molar refractivity (Wildman–Crippen MR) is 108 cm³/mol. The lowest BCUT2D eigenvalue weighted by molar-refractivity contribution is 0.0954. The molecule has 0 aliphatic carbocycles. The van der Waals surface area contributed by atoms with Crippen LogP contribution < -0.4 is 24.4 Å². The second-order valence-electron chi connectivity index (χ2n) is 5.76. The van der Waals surface area contributed by atoms with E-state index in [1.54, 1.807) is 31.4 Å². The fraction of sp³-hybridized carbons (Fsp3) is 0.333. The molecule has 7 heteroatoms. The van der Waals surface area contributed by atoms with Gasteiger partial charge in [-0.2, -0.15) is 5.10 Å². The normalized spacial score (nSPS) is 10.6. The van der Waals surface area contributed by atoms with Crippen molar-refractivity contribution in [3.8, 4) is 23.0 Å². The van der Waals surface area contributed by atoms with Crippen molar-refractivity contribution in [1.82, 2.24) is 5.43 Å². The van der Waals surface area contributed by atoms with Gasteiger partial charge in [-0.3, -0.25) is 4.79 Å². The van der Waals surface area contributed by atoms with Gasteiger partial charge in [0.1, 0.15) is 0 Å². The fourth-order valence-electron chi connectivity index (χ4n) is 2.41. The molecule has 0 atom stereocenters. The summed E-state index contributed by atoms with van der Waals surface area (Å²) in [5, 5.41) is 4.01. The number of amides is 1. The zero-order chi connectivity index (χ0) is 20.4. The van der Waals surface area contributed by atoms with Gasteiger partial charge in [0, 0.05) is 5.56 Å². The maximum absolute atomic E-state index is 12.3. The van der Waals surface area contributed by atoms with Gasteiger partial charge in [0.2, 0.25) is 0 Å². The molecule has 7 nitrogen and oxygen atoms in total. The summed E-state index contributed by atoms with van der Waals surface area (Å²) >= 11 is 0. The maximum Gasteiger partial charge on any atom is 0.271 e. The van der Waals surface area contributed by atoms with E-state index in [0.29, 0.717) is 41.8 Å². The van der Waals surface area contributed by atoms with Gasteiger partial charge in [-0.15, -0.1) is 0 Å². The Balaban J connectivity index is 2.05. The van der Waals surface area contributed by atoms with E-state index >= 15 is 0 Å². The molecule has 0 bridgehead atoms. The van der Waals surface area contributed by atoms with E-state index in [1.807, 2.05) is 26.0 Å². The third-order valence-corrected chi connectivity index (χ3v) is 3.75. The summed E-state index contributed by atoms with van der Waals surface area (Å²) in [6.45, 7) is 5.05. The summed E-state index contributed by atoms with van der Waals surface area (Å²) in [6.07, 6.45) is 2.45. The molecule has 0 saturated heterocycles. The third kappa shape index (κ3) is 5.64. The highest BCUT2D eigenvalue weighted by Crippen LogP contribution is 2.28. The standard InChI is InChI=1S/C21H26N2O5/c1-5-11-28-18-9-7-15(12-19(18)25-3)14-22-23-21(24)16-8-10-17(27-6-2)20(13-16)26-4/h7-10,12-14H,5-6,11H2,1-4H3,(H,23,24)/b22-14+. The molecule has 1 N–H and O–H groups in total. The van der Waals surface area contributed by atoms with Crippen LogP contribution in [0, 0.1) is 0 Å². The molecular formula is C21H26N2O5. The molecule has 0 heterocycles. The Kier molecular flexibility index (Phi) is 8.14. The molecule has 0 fully saturated rings. The van der Waals surface area contributed by atoms with Crippen LogP contribution in [0.2, 0.25) is 0 Å². The highest BCUT2D eigenvalue weighted by molar-refractivity contribution is 5.95. The predicted octanol–water partition coefficient (Wildman–Crippen LogP) is 3.66. The second-order valence-corrected chi connectivity index (χ2v) is 5.76. The Morgan fingerprint density at radius 2 is 1.64 bits per heavy atom. The minimum absolute atomic E-state index is 0.354. The monoisotopic (exact) mass is 386 g/mol. The molecular weight excluding hydrogens is 360 g/mol.